The normalized spacial score (nSPS) is 12.2. The molecule has 0 amide bonds. The Morgan fingerprint density at radius 3 is 2.57 bits per heavy atom. The van der Waals surface area contributed by atoms with Crippen LogP contribution in [0.4, 0.5) is 0 Å². The first-order valence-corrected chi connectivity index (χ1v) is 8.11. The summed E-state index contributed by atoms with van der Waals surface area (Å²) in [6, 6.07) is -0.227. The fraction of sp³-hybridized carbons (Fsp3) is 0.667. The van der Waals surface area contributed by atoms with Crippen LogP contribution in [-0.2, 0) is 14.8 Å². The zero-order chi connectivity index (χ0) is 16.0. The van der Waals surface area contributed by atoms with E-state index < -0.39 is 21.0 Å². The molecular weight excluding hydrogens is 298 g/mol. The average Bonchev–Trinajstić information content (AvgIpc) is 2.93. The maximum Gasteiger partial charge on any atom is 0.340 e. The van der Waals surface area contributed by atoms with Gasteiger partial charge in [0.1, 0.15) is 5.56 Å². The Bertz CT molecular complexity index is 565. The Labute approximate surface area is 124 Å². The number of carbonyl (C=O) groups is 1. The lowest BCUT2D eigenvalue weighted by atomic mass is 10.2. The predicted octanol–water partition coefficient (Wildman–Crippen LogP) is 0.934. The maximum atomic E-state index is 12.7. The lowest BCUT2D eigenvalue weighted by Gasteiger charge is -2.28. The Hall–Kier alpha value is -1.45. The van der Waals surface area contributed by atoms with E-state index >= 15 is 0 Å². The molecule has 0 fully saturated rings. The lowest BCUT2D eigenvalue weighted by molar-refractivity contribution is 0.0692. The van der Waals surface area contributed by atoms with E-state index in [9.17, 15) is 13.2 Å². The van der Waals surface area contributed by atoms with Crippen LogP contribution in [0.15, 0.2) is 11.2 Å². The molecule has 9 heteroatoms. The van der Waals surface area contributed by atoms with Crippen LogP contribution in [0.25, 0.3) is 0 Å². The third kappa shape index (κ3) is 3.80. The third-order valence-electron chi connectivity index (χ3n) is 3.27. The second-order valence-corrected chi connectivity index (χ2v) is 6.32. The number of nitrogens with one attached hydrogen (secondary N) is 1. The Morgan fingerprint density at radius 2 is 2.10 bits per heavy atom. The van der Waals surface area contributed by atoms with Crippen LogP contribution in [-0.4, -0.2) is 60.3 Å². The van der Waals surface area contributed by atoms with Gasteiger partial charge in [-0.3, -0.25) is 5.10 Å². The Morgan fingerprint density at radius 1 is 1.48 bits per heavy atom. The van der Waals surface area contributed by atoms with Crippen molar-refractivity contribution in [3.63, 3.8) is 0 Å². The number of ether oxygens (including phenoxy) is 1. The van der Waals surface area contributed by atoms with Gasteiger partial charge in [0, 0.05) is 19.7 Å². The molecule has 0 aliphatic heterocycles. The van der Waals surface area contributed by atoms with Gasteiger partial charge in [-0.2, -0.15) is 9.40 Å². The summed E-state index contributed by atoms with van der Waals surface area (Å²) < 4.78 is 31.7. The van der Waals surface area contributed by atoms with Crippen LogP contribution < -0.4 is 0 Å². The molecule has 0 aliphatic carbocycles. The number of H-pyrrole nitrogens is 1. The minimum absolute atomic E-state index is 0.156. The van der Waals surface area contributed by atoms with E-state index in [1.54, 1.807) is 0 Å². The molecule has 0 aromatic carbocycles. The van der Waals surface area contributed by atoms with Crippen LogP contribution in [0.2, 0.25) is 0 Å². The summed E-state index contributed by atoms with van der Waals surface area (Å²) in [5.41, 5.74) is -0.358. The average molecular weight is 319 g/mol. The highest BCUT2D eigenvalue weighted by molar-refractivity contribution is 7.89. The van der Waals surface area contributed by atoms with Gasteiger partial charge in [0.15, 0.2) is 5.03 Å². The van der Waals surface area contributed by atoms with E-state index in [1.165, 1.54) is 11.4 Å². The molecule has 0 aliphatic rings. The van der Waals surface area contributed by atoms with Crippen molar-refractivity contribution >= 4 is 16.0 Å². The molecule has 120 valence electrons. The van der Waals surface area contributed by atoms with E-state index in [0.29, 0.717) is 12.8 Å². The number of rotatable bonds is 9. The predicted molar refractivity (Wildman–Crippen MR) is 75.7 cm³/mol. The smallest absolute Gasteiger partial charge is 0.340 e. The van der Waals surface area contributed by atoms with Gasteiger partial charge in [-0.25, -0.2) is 13.2 Å². The van der Waals surface area contributed by atoms with Gasteiger partial charge < -0.3 is 9.84 Å². The molecule has 0 spiro atoms. The standard InChI is InChI=1S/C12H21N3O5S/c1-4-9(5-2)15(6-7-20-3)21(18,19)11-10(12(16)17)8-13-14-11/h8-9H,4-7H2,1-3H3,(H,13,14)(H,16,17). The van der Waals surface area contributed by atoms with Gasteiger partial charge in [-0.1, -0.05) is 13.8 Å². The van der Waals surface area contributed by atoms with Gasteiger partial charge in [0.2, 0.25) is 0 Å². The molecule has 0 unspecified atom stereocenters. The molecular formula is C12H21N3O5S. The van der Waals surface area contributed by atoms with E-state index in [1.807, 2.05) is 13.8 Å². The number of sulfonamides is 1. The summed E-state index contributed by atoms with van der Waals surface area (Å²) in [6.45, 7) is 4.15. The van der Waals surface area contributed by atoms with E-state index in [4.69, 9.17) is 9.84 Å². The van der Waals surface area contributed by atoms with Crippen molar-refractivity contribution in [2.45, 2.75) is 37.8 Å². The minimum Gasteiger partial charge on any atom is -0.478 e. The number of hydrogen-bond acceptors (Lipinski definition) is 5. The van der Waals surface area contributed by atoms with Crippen molar-refractivity contribution in [1.29, 1.82) is 0 Å². The van der Waals surface area contributed by atoms with Crippen molar-refractivity contribution in [2.75, 3.05) is 20.3 Å². The molecule has 1 aromatic rings. The van der Waals surface area contributed by atoms with Gasteiger partial charge >= 0.3 is 5.97 Å². The summed E-state index contributed by atoms with van der Waals surface area (Å²) in [6.07, 6.45) is 2.24. The number of methoxy groups -OCH3 is 1. The van der Waals surface area contributed by atoms with Crippen LogP contribution >= 0.6 is 0 Å². The monoisotopic (exact) mass is 319 g/mol. The quantitative estimate of drug-likeness (QED) is 0.700. The first-order valence-electron chi connectivity index (χ1n) is 6.67. The summed E-state index contributed by atoms with van der Waals surface area (Å²) in [5, 5.41) is 14.5. The molecule has 21 heavy (non-hydrogen) atoms. The zero-order valence-corrected chi connectivity index (χ0v) is 13.2. The Kier molecular flexibility index (Phi) is 6.31. The molecule has 1 aromatic heterocycles. The molecule has 0 saturated carbocycles. The van der Waals surface area contributed by atoms with Crippen molar-refractivity contribution in [3.8, 4) is 0 Å². The fourth-order valence-electron chi connectivity index (χ4n) is 2.12. The van der Waals surface area contributed by atoms with Gasteiger partial charge in [-0.05, 0) is 12.8 Å². The second-order valence-electron chi connectivity index (χ2n) is 4.50. The van der Waals surface area contributed by atoms with E-state index in [0.717, 1.165) is 6.20 Å². The highest BCUT2D eigenvalue weighted by atomic mass is 32.2. The maximum absolute atomic E-state index is 12.7. The van der Waals surface area contributed by atoms with Crippen LogP contribution in [0.5, 0.6) is 0 Å². The van der Waals surface area contributed by atoms with Crippen molar-refractivity contribution < 1.29 is 23.1 Å². The largest absolute Gasteiger partial charge is 0.478 e. The second kappa shape index (κ2) is 7.53. The van der Waals surface area contributed by atoms with Crippen molar-refractivity contribution in [2.24, 2.45) is 0 Å². The Balaban J connectivity index is 3.26. The number of aromatic nitrogens is 2. The number of carboxylic acids is 1. The molecule has 0 bridgehead atoms. The third-order valence-corrected chi connectivity index (χ3v) is 5.19. The lowest BCUT2D eigenvalue weighted by Crippen LogP contribution is -2.42. The molecule has 2 N–H and O–H groups in total. The molecule has 0 saturated heterocycles. The molecule has 8 nitrogen and oxygen atoms in total. The topological polar surface area (TPSA) is 113 Å². The SMILES string of the molecule is CCC(CC)N(CCOC)S(=O)(=O)c1[nH]ncc1C(=O)O. The highest BCUT2D eigenvalue weighted by Crippen LogP contribution is 2.22. The van der Waals surface area contributed by atoms with Gasteiger partial charge in [0.05, 0.1) is 12.8 Å². The first kappa shape index (κ1) is 17.6. The summed E-state index contributed by atoms with van der Waals surface area (Å²) >= 11 is 0. The van der Waals surface area contributed by atoms with Crippen molar-refractivity contribution in [1.82, 2.24) is 14.5 Å². The van der Waals surface area contributed by atoms with E-state index in [2.05, 4.69) is 10.2 Å². The van der Waals surface area contributed by atoms with Crippen LogP contribution in [0, 0.1) is 0 Å². The fourth-order valence-corrected chi connectivity index (χ4v) is 3.94. The molecule has 0 atom stereocenters. The molecule has 0 radical (unpaired) electrons. The van der Waals surface area contributed by atoms with Crippen molar-refractivity contribution in [3.05, 3.63) is 11.8 Å². The van der Waals surface area contributed by atoms with Gasteiger partial charge in [0.25, 0.3) is 10.0 Å². The number of nitrogens with zero attached hydrogens (tertiary/aromatic N) is 2. The number of hydrogen-bond donors (Lipinski definition) is 2. The van der Waals surface area contributed by atoms with Gasteiger partial charge in [-0.15, -0.1) is 0 Å². The minimum atomic E-state index is -3.97. The van der Waals surface area contributed by atoms with E-state index in [-0.39, 0.29) is 24.8 Å². The highest BCUT2D eigenvalue weighted by Gasteiger charge is 2.34. The zero-order valence-electron chi connectivity index (χ0n) is 12.4. The first-order chi connectivity index (χ1) is 9.89. The summed E-state index contributed by atoms with van der Waals surface area (Å²) in [4.78, 5) is 11.1. The summed E-state index contributed by atoms with van der Waals surface area (Å²) in [7, 11) is -2.49. The van der Waals surface area contributed by atoms with Crippen LogP contribution in [0.1, 0.15) is 37.0 Å². The number of aromatic carboxylic acids is 1. The molecule has 1 rings (SSSR count). The summed E-state index contributed by atoms with van der Waals surface area (Å²) in [5.74, 6) is -1.33. The molecule has 1 heterocycles. The number of carboxylic acid groups (broad SMARTS) is 1. The van der Waals surface area contributed by atoms with Crippen LogP contribution in [0.3, 0.4) is 0 Å². The number of aromatic amines is 1.